The van der Waals surface area contributed by atoms with Gasteiger partial charge in [0.05, 0.1) is 0 Å². The van der Waals surface area contributed by atoms with E-state index in [0.29, 0.717) is 0 Å². The minimum atomic E-state index is 0. The molecule has 0 aromatic heterocycles. The predicted octanol–water partition coefficient (Wildman–Crippen LogP) is -1.53. The van der Waals surface area contributed by atoms with Crippen molar-refractivity contribution in [3.8, 4) is 0 Å². The third-order valence-corrected chi connectivity index (χ3v) is 0. The fourth-order valence-corrected chi connectivity index (χ4v) is 0. The monoisotopic (exact) mass is 170 g/mol. The molecule has 12 radical (unpaired) electrons. The van der Waals surface area contributed by atoms with Crippen molar-refractivity contribution in [1.29, 1.82) is 0 Å². The Morgan fingerprint density at radius 2 is 0.800 bits per heavy atom. The smallest absolute Gasteiger partial charge is 0 e. The van der Waals surface area contributed by atoms with Crippen LogP contribution in [0.2, 0.25) is 0 Å². The number of rotatable bonds is 0. The minimum Gasteiger partial charge on any atom is 0 e. The normalized spacial score (nSPS) is 0. The fraction of sp³-hybridized carbons (Fsp3) is 0. The van der Waals surface area contributed by atoms with Gasteiger partial charge in [0.2, 0.25) is 0 Å². The molecule has 0 rings (SSSR count). The predicted molar refractivity (Wildman–Crippen MR) is 23.0 cm³/mol. The summed E-state index contributed by atoms with van der Waals surface area (Å²) in [6.07, 6.45) is 0. The molecule has 0 amide bonds. The van der Waals surface area contributed by atoms with E-state index < -0.39 is 0 Å². The van der Waals surface area contributed by atoms with Crippen LogP contribution in [0.1, 0.15) is 0 Å². The molecule has 0 aliphatic carbocycles. The first-order valence-electron chi connectivity index (χ1n) is 0. The zero-order valence-electron chi connectivity index (χ0n) is 3.07. The molecule has 14 valence electrons. The van der Waals surface area contributed by atoms with Gasteiger partial charge in [-0.25, -0.2) is 0 Å². The van der Waals surface area contributed by atoms with Crippen molar-refractivity contribution in [3.05, 3.63) is 0 Å². The summed E-state index contributed by atoms with van der Waals surface area (Å²) >= 11 is 0. The average Bonchev–Trinajstić information content (AvgIpc) is 0. The topological polar surface area (TPSA) is 0 Å². The van der Waals surface area contributed by atoms with E-state index in [1.165, 1.54) is 0 Å². The van der Waals surface area contributed by atoms with Crippen LogP contribution in [0, 0.1) is 0 Å². The molecular formula is Al2MgSiZn. The Morgan fingerprint density at radius 1 is 0.800 bits per heavy atom. The van der Waals surface area contributed by atoms with E-state index in [1.54, 1.807) is 0 Å². The Labute approximate surface area is 87.0 Å². The molecule has 0 N–H and O–H groups in total. The van der Waals surface area contributed by atoms with Crippen molar-refractivity contribution >= 4 is 68.7 Å². The third kappa shape index (κ3) is 20.4. The van der Waals surface area contributed by atoms with E-state index in [1.807, 2.05) is 0 Å². The van der Waals surface area contributed by atoms with E-state index in [4.69, 9.17) is 0 Å². The van der Waals surface area contributed by atoms with Crippen molar-refractivity contribution in [2.24, 2.45) is 0 Å². The summed E-state index contributed by atoms with van der Waals surface area (Å²) in [6, 6.07) is 0. The molecule has 0 aromatic carbocycles. The molecule has 0 bridgehead atoms. The molecule has 5 heavy (non-hydrogen) atoms. The molecule has 0 spiro atoms. The molecule has 0 heterocycles. The second-order valence-electron chi connectivity index (χ2n) is 0. The quantitative estimate of drug-likeness (QED) is 0.389. The molecule has 0 aliphatic heterocycles. The van der Waals surface area contributed by atoms with Crippen LogP contribution in [0.25, 0.3) is 0 Å². The van der Waals surface area contributed by atoms with E-state index in [2.05, 4.69) is 0 Å². The largest absolute Gasteiger partial charge is 0 e. The maximum absolute atomic E-state index is 0. The van der Waals surface area contributed by atoms with Gasteiger partial charge in [-0.3, -0.25) is 0 Å². The van der Waals surface area contributed by atoms with Crippen molar-refractivity contribution in [1.82, 2.24) is 0 Å². The molecule has 0 aliphatic rings. The maximum Gasteiger partial charge on any atom is 0 e. The summed E-state index contributed by atoms with van der Waals surface area (Å²) in [5.41, 5.74) is 0. The first kappa shape index (κ1) is 47.8. The van der Waals surface area contributed by atoms with Gasteiger partial charge in [-0.2, -0.15) is 0 Å². The Morgan fingerprint density at radius 3 is 0.800 bits per heavy atom. The van der Waals surface area contributed by atoms with Crippen molar-refractivity contribution < 1.29 is 19.5 Å². The van der Waals surface area contributed by atoms with Crippen LogP contribution >= 0.6 is 0 Å². The summed E-state index contributed by atoms with van der Waals surface area (Å²) in [7, 11) is 0. The molecule has 0 unspecified atom stereocenters. The van der Waals surface area contributed by atoms with Crippen LogP contribution in [-0.4, -0.2) is 68.7 Å². The van der Waals surface area contributed by atoms with Crippen molar-refractivity contribution in [3.63, 3.8) is 0 Å². The van der Waals surface area contributed by atoms with Crippen LogP contribution in [0.3, 0.4) is 0 Å². The first-order valence-corrected chi connectivity index (χ1v) is 0. The van der Waals surface area contributed by atoms with Crippen molar-refractivity contribution in [2.75, 3.05) is 0 Å². The fourth-order valence-electron chi connectivity index (χ4n) is 0. The summed E-state index contributed by atoms with van der Waals surface area (Å²) in [5.74, 6) is 0. The number of hydrogen-bond donors (Lipinski definition) is 0. The van der Waals surface area contributed by atoms with Crippen molar-refractivity contribution in [2.45, 2.75) is 0 Å². The van der Waals surface area contributed by atoms with Crippen LogP contribution < -0.4 is 0 Å². The van der Waals surface area contributed by atoms with Gasteiger partial charge < -0.3 is 0 Å². The van der Waals surface area contributed by atoms with Gasteiger partial charge in [-0.05, 0) is 0 Å². The zero-order chi connectivity index (χ0) is 0. The summed E-state index contributed by atoms with van der Waals surface area (Å²) in [5, 5.41) is 0. The molecule has 0 fully saturated rings. The standard InChI is InChI=1S/2Al.Mg.Si.Zn. The molecule has 0 atom stereocenters. The molecule has 0 nitrogen and oxygen atoms in total. The second kappa shape index (κ2) is 30.1. The van der Waals surface area contributed by atoms with Crippen LogP contribution in [0.15, 0.2) is 0 Å². The SMILES string of the molecule is [Al].[Al].[Mg].[Si].[Zn]. The van der Waals surface area contributed by atoms with Gasteiger partial charge in [-0.1, -0.05) is 0 Å². The first-order chi connectivity index (χ1) is 0. The van der Waals surface area contributed by atoms with Gasteiger partial charge in [-0.15, -0.1) is 0 Å². The second-order valence-corrected chi connectivity index (χ2v) is 0. The summed E-state index contributed by atoms with van der Waals surface area (Å²) in [6.45, 7) is 0. The molecule has 0 aromatic rings. The van der Waals surface area contributed by atoms with E-state index in [-0.39, 0.29) is 88.2 Å². The third-order valence-electron chi connectivity index (χ3n) is 0. The van der Waals surface area contributed by atoms with Gasteiger partial charge in [0.15, 0.2) is 0 Å². The molecule has 0 saturated carbocycles. The molecule has 5 heteroatoms. The Kier molecular flexibility index (Phi) is 288. The van der Waals surface area contributed by atoms with E-state index in [9.17, 15) is 0 Å². The van der Waals surface area contributed by atoms with Gasteiger partial charge in [0.25, 0.3) is 0 Å². The minimum absolute atomic E-state index is 0. The van der Waals surface area contributed by atoms with Gasteiger partial charge in [0.1, 0.15) is 0 Å². The van der Waals surface area contributed by atoms with Crippen LogP contribution in [0.4, 0.5) is 0 Å². The number of hydrogen-bond acceptors (Lipinski definition) is 0. The van der Waals surface area contributed by atoms with Gasteiger partial charge >= 0.3 is 0 Å². The van der Waals surface area contributed by atoms with E-state index in [0.717, 1.165) is 0 Å². The van der Waals surface area contributed by atoms with Gasteiger partial charge in [0, 0.05) is 88.2 Å². The van der Waals surface area contributed by atoms with Crippen LogP contribution in [-0.2, 0) is 19.5 Å². The summed E-state index contributed by atoms with van der Waals surface area (Å²) in [4.78, 5) is 0. The summed E-state index contributed by atoms with van der Waals surface area (Å²) < 4.78 is 0. The van der Waals surface area contributed by atoms with E-state index >= 15 is 0 Å². The Bertz CT molecular complexity index is 9.61. The average molecular weight is 172 g/mol. The Balaban J connectivity index is 0. The molecular weight excluding hydrogens is 172 g/mol. The zero-order valence-corrected chi connectivity index (χ0v) is 10.8. The van der Waals surface area contributed by atoms with Crippen LogP contribution in [0.5, 0.6) is 0 Å². The Hall–Kier alpha value is 2.67. The maximum atomic E-state index is 0. The molecule has 0 saturated heterocycles.